The predicted molar refractivity (Wildman–Crippen MR) is 70.6 cm³/mol. The zero-order chi connectivity index (χ0) is 13.1. The Hall–Kier alpha value is -1.66. The number of aromatic nitrogens is 2. The van der Waals surface area contributed by atoms with E-state index in [1.807, 2.05) is 17.5 Å². The van der Waals surface area contributed by atoms with Crippen LogP contribution in [0.25, 0.3) is 10.6 Å². The van der Waals surface area contributed by atoms with Crippen LogP contribution in [-0.2, 0) is 7.05 Å². The number of carbonyl (C=O) groups excluding carboxylic acids is 1. The van der Waals surface area contributed by atoms with E-state index in [9.17, 15) is 4.79 Å². The average Bonchev–Trinajstić information content (AvgIpc) is 2.96. The van der Waals surface area contributed by atoms with Crippen molar-refractivity contribution in [1.29, 1.82) is 0 Å². The molecule has 0 radical (unpaired) electrons. The predicted octanol–water partition coefficient (Wildman–Crippen LogP) is 1.21. The molecule has 1 amide bonds. The molecule has 5 nitrogen and oxygen atoms in total. The summed E-state index contributed by atoms with van der Waals surface area (Å²) >= 11 is 1.55. The maximum Gasteiger partial charge on any atom is 0.257 e. The second kappa shape index (κ2) is 5.32. The Balaban J connectivity index is 2.36. The first-order chi connectivity index (χ1) is 8.63. The number of carbonyl (C=O) groups is 1. The third kappa shape index (κ3) is 2.44. The van der Waals surface area contributed by atoms with E-state index in [-0.39, 0.29) is 12.5 Å². The average molecular weight is 265 g/mol. The summed E-state index contributed by atoms with van der Waals surface area (Å²) in [5, 5.41) is 15.2. The van der Waals surface area contributed by atoms with Gasteiger partial charge in [0.1, 0.15) is 5.69 Å². The van der Waals surface area contributed by atoms with Crippen LogP contribution >= 0.6 is 11.3 Å². The lowest BCUT2D eigenvalue weighted by molar-refractivity contribution is 0.0767. The third-order valence-corrected chi connectivity index (χ3v) is 3.47. The van der Waals surface area contributed by atoms with Crippen molar-refractivity contribution in [2.45, 2.75) is 0 Å². The Kier molecular flexibility index (Phi) is 3.78. The Bertz CT molecular complexity index is 534. The molecule has 2 aromatic rings. The molecule has 0 aliphatic rings. The maximum absolute atomic E-state index is 12.2. The van der Waals surface area contributed by atoms with Gasteiger partial charge in [0.05, 0.1) is 17.0 Å². The van der Waals surface area contributed by atoms with Gasteiger partial charge in [0.2, 0.25) is 0 Å². The molecule has 0 aliphatic carbocycles. The van der Waals surface area contributed by atoms with Crippen molar-refractivity contribution in [1.82, 2.24) is 14.7 Å². The molecule has 6 heteroatoms. The Morgan fingerprint density at radius 2 is 2.39 bits per heavy atom. The molecule has 0 atom stereocenters. The molecular weight excluding hydrogens is 250 g/mol. The van der Waals surface area contributed by atoms with E-state index in [0.29, 0.717) is 17.8 Å². The molecule has 0 fully saturated rings. The number of rotatable bonds is 4. The molecule has 0 saturated carbocycles. The monoisotopic (exact) mass is 265 g/mol. The number of aryl methyl sites for hydroxylation is 1. The highest BCUT2D eigenvalue weighted by Crippen LogP contribution is 2.27. The highest BCUT2D eigenvalue weighted by Gasteiger charge is 2.20. The Morgan fingerprint density at radius 3 is 3.00 bits per heavy atom. The van der Waals surface area contributed by atoms with Gasteiger partial charge in [-0.3, -0.25) is 9.48 Å². The fraction of sp³-hybridized carbons (Fsp3) is 0.333. The standard InChI is InChI=1S/C12H15N3O2S/c1-14(5-6-16)12(17)9-8-15(2)13-11(9)10-4-3-7-18-10/h3-4,7-8,16H,5-6H2,1-2H3. The molecule has 0 aromatic carbocycles. The molecule has 0 saturated heterocycles. The number of likely N-dealkylation sites (N-methyl/N-ethyl adjacent to an activating group) is 1. The summed E-state index contributed by atoms with van der Waals surface area (Å²) in [4.78, 5) is 14.7. The van der Waals surface area contributed by atoms with Gasteiger partial charge in [-0.25, -0.2) is 0 Å². The first-order valence-corrected chi connectivity index (χ1v) is 6.45. The molecule has 18 heavy (non-hydrogen) atoms. The molecular formula is C12H15N3O2S. The van der Waals surface area contributed by atoms with Gasteiger partial charge in [0.15, 0.2) is 0 Å². The number of thiophene rings is 1. The second-order valence-corrected chi connectivity index (χ2v) is 4.94. The minimum Gasteiger partial charge on any atom is -0.395 e. The summed E-state index contributed by atoms with van der Waals surface area (Å²) in [6.45, 7) is 0.272. The van der Waals surface area contributed by atoms with Crippen molar-refractivity contribution in [3.05, 3.63) is 29.3 Å². The number of hydrogen-bond acceptors (Lipinski definition) is 4. The highest BCUT2D eigenvalue weighted by atomic mass is 32.1. The van der Waals surface area contributed by atoms with E-state index in [2.05, 4.69) is 5.10 Å². The summed E-state index contributed by atoms with van der Waals surface area (Å²) in [6, 6.07) is 3.87. The lowest BCUT2D eigenvalue weighted by Crippen LogP contribution is -2.29. The van der Waals surface area contributed by atoms with E-state index >= 15 is 0 Å². The summed E-state index contributed by atoms with van der Waals surface area (Å²) in [5.74, 6) is -0.124. The van der Waals surface area contributed by atoms with Crippen LogP contribution in [0, 0.1) is 0 Å². The molecule has 96 valence electrons. The van der Waals surface area contributed by atoms with Crippen LogP contribution in [-0.4, -0.2) is 45.9 Å². The van der Waals surface area contributed by atoms with E-state index in [1.165, 1.54) is 4.90 Å². The van der Waals surface area contributed by atoms with Crippen LogP contribution in [0.4, 0.5) is 0 Å². The van der Waals surface area contributed by atoms with Gasteiger partial charge in [0, 0.05) is 26.8 Å². The molecule has 1 N–H and O–H groups in total. The number of amides is 1. The van der Waals surface area contributed by atoms with Crippen LogP contribution in [0.15, 0.2) is 23.7 Å². The quantitative estimate of drug-likeness (QED) is 0.904. The number of aliphatic hydroxyl groups excluding tert-OH is 1. The Labute approximate surface area is 109 Å². The fourth-order valence-corrected chi connectivity index (χ4v) is 2.42. The Morgan fingerprint density at radius 1 is 1.61 bits per heavy atom. The highest BCUT2D eigenvalue weighted by molar-refractivity contribution is 7.13. The van der Waals surface area contributed by atoms with Crippen LogP contribution in [0.5, 0.6) is 0 Å². The normalized spacial score (nSPS) is 10.6. The van der Waals surface area contributed by atoms with E-state index in [0.717, 1.165) is 4.88 Å². The van der Waals surface area contributed by atoms with Crippen molar-refractivity contribution in [3.8, 4) is 10.6 Å². The van der Waals surface area contributed by atoms with Gasteiger partial charge in [-0.2, -0.15) is 5.10 Å². The van der Waals surface area contributed by atoms with Gasteiger partial charge in [0.25, 0.3) is 5.91 Å². The minimum absolute atomic E-state index is 0.0448. The molecule has 0 spiro atoms. The van der Waals surface area contributed by atoms with Gasteiger partial charge >= 0.3 is 0 Å². The van der Waals surface area contributed by atoms with Crippen molar-refractivity contribution in [3.63, 3.8) is 0 Å². The van der Waals surface area contributed by atoms with Gasteiger partial charge < -0.3 is 10.0 Å². The minimum atomic E-state index is -0.124. The number of aliphatic hydroxyl groups is 1. The van der Waals surface area contributed by atoms with E-state index in [4.69, 9.17) is 5.11 Å². The van der Waals surface area contributed by atoms with Gasteiger partial charge in [-0.1, -0.05) is 6.07 Å². The number of nitrogens with zero attached hydrogens (tertiary/aromatic N) is 3. The van der Waals surface area contributed by atoms with Crippen molar-refractivity contribution < 1.29 is 9.90 Å². The van der Waals surface area contributed by atoms with Crippen molar-refractivity contribution >= 4 is 17.2 Å². The smallest absolute Gasteiger partial charge is 0.257 e. The van der Waals surface area contributed by atoms with E-state index < -0.39 is 0 Å². The maximum atomic E-state index is 12.2. The van der Waals surface area contributed by atoms with E-state index in [1.54, 1.807) is 36.3 Å². The van der Waals surface area contributed by atoms with Gasteiger partial charge in [-0.15, -0.1) is 11.3 Å². The molecule has 0 aliphatic heterocycles. The molecule has 2 aromatic heterocycles. The zero-order valence-electron chi connectivity index (χ0n) is 10.3. The molecule has 0 unspecified atom stereocenters. The largest absolute Gasteiger partial charge is 0.395 e. The molecule has 2 rings (SSSR count). The van der Waals surface area contributed by atoms with Crippen molar-refractivity contribution in [2.75, 3.05) is 20.2 Å². The van der Waals surface area contributed by atoms with Gasteiger partial charge in [-0.05, 0) is 11.4 Å². The van der Waals surface area contributed by atoms with Crippen LogP contribution in [0.3, 0.4) is 0 Å². The fourth-order valence-electron chi connectivity index (χ4n) is 1.70. The summed E-state index contributed by atoms with van der Waals surface area (Å²) in [5.41, 5.74) is 1.26. The zero-order valence-corrected chi connectivity index (χ0v) is 11.1. The first kappa shape index (κ1) is 12.8. The number of hydrogen-bond donors (Lipinski definition) is 1. The van der Waals surface area contributed by atoms with Crippen molar-refractivity contribution in [2.24, 2.45) is 7.05 Å². The SMILES string of the molecule is CN(CCO)C(=O)c1cn(C)nc1-c1cccs1. The first-order valence-electron chi connectivity index (χ1n) is 5.57. The molecule has 2 heterocycles. The second-order valence-electron chi connectivity index (χ2n) is 3.99. The third-order valence-electron chi connectivity index (χ3n) is 2.60. The van der Waals surface area contributed by atoms with Crippen LogP contribution in [0.1, 0.15) is 10.4 Å². The van der Waals surface area contributed by atoms with Crippen LogP contribution in [0.2, 0.25) is 0 Å². The van der Waals surface area contributed by atoms with Crippen LogP contribution < -0.4 is 0 Å². The topological polar surface area (TPSA) is 58.4 Å². The lowest BCUT2D eigenvalue weighted by Gasteiger charge is -2.14. The molecule has 0 bridgehead atoms. The summed E-state index contributed by atoms with van der Waals surface area (Å²) in [6.07, 6.45) is 1.71. The lowest BCUT2D eigenvalue weighted by atomic mass is 10.2. The summed E-state index contributed by atoms with van der Waals surface area (Å²) < 4.78 is 1.63. The summed E-state index contributed by atoms with van der Waals surface area (Å²) in [7, 11) is 3.46.